The zero-order valence-corrected chi connectivity index (χ0v) is 12.5. The van der Waals surface area contributed by atoms with Gasteiger partial charge < -0.3 is 4.42 Å². The average Bonchev–Trinajstić information content (AvgIpc) is 2.70. The summed E-state index contributed by atoms with van der Waals surface area (Å²) in [5.41, 5.74) is 2.78. The quantitative estimate of drug-likeness (QED) is 0.793. The van der Waals surface area contributed by atoms with Crippen LogP contribution in [0.15, 0.2) is 28.7 Å². The summed E-state index contributed by atoms with van der Waals surface area (Å²) in [4.78, 5) is 4.39. The summed E-state index contributed by atoms with van der Waals surface area (Å²) in [5.74, 6) is 1.22. The minimum absolute atomic E-state index is 0.0690. The Balaban J connectivity index is 2.11. The highest BCUT2D eigenvalue weighted by molar-refractivity contribution is 7.85. The maximum Gasteiger partial charge on any atom is 0.264 e. The molecule has 5 nitrogen and oxygen atoms in total. The first-order valence-corrected chi connectivity index (χ1v) is 8.04. The smallest absolute Gasteiger partial charge is 0.264 e. The van der Waals surface area contributed by atoms with Crippen LogP contribution in [0.1, 0.15) is 17.0 Å². The van der Waals surface area contributed by atoms with Gasteiger partial charge >= 0.3 is 0 Å². The number of rotatable bonds is 5. The molecule has 108 valence electrons. The molecule has 0 bridgehead atoms. The lowest BCUT2D eigenvalue weighted by molar-refractivity contribution is 0.324. The highest BCUT2D eigenvalue weighted by atomic mass is 32.2. The number of aromatic nitrogens is 1. The molecule has 0 radical (unpaired) electrons. The van der Waals surface area contributed by atoms with Gasteiger partial charge in [0.25, 0.3) is 10.1 Å². The van der Waals surface area contributed by atoms with E-state index in [0.717, 1.165) is 11.8 Å². The molecule has 0 aliphatic rings. The van der Waals surface area contributed by atoms with Gasteiger partial charge in [0, 0.05) is 12.0 Å². The lowest BCUT2D eigenvalue weighted by atomic mass is 10.1. The van der Waals surface area contributed by atoms with E-state index in [1.807, 2.05) is 31.2 Å². The van der Waals surface area contributed by atoms with E-state index >= 15 is 0 Å². The van der Waals surface area contributed by atoms with Gasteiger partial charge in [0.05, 0.1) is 18.6 Å². The molecule has 0 saturated heterocycles. The van der Waals surface area contributed by atoms with Crippen molar-refractivity contribution in [3.8, 4) is 11.5 Å². The first-order chi connectivity index (χ1) is 9.35. The molecule has 0 aliphatic carbocycles. The normalized spacial score (nSPS) is 11.8. The van der Waals surface area contributed by atoms with Crippen molar-refractivity contribution in [2.75, 3.05) is 12.9 Å². The summed E-state index contributed by atoms with van der Waals surface area (Å²) in [7, 11) is -3.42. The molecule has 0 fully saturated rings. The SMILES string of the molecule is Cc1ccc(-c2nc(CCOS(C)(=O)=O)c(C)o2)cc1. The monoisotopic (exact) mass is 295 g/mol. The first-order valence-electron chi connectivity index (χ1n) is 6.23. The van der Waals surface area contributed by atoms with Gasteiger partial charge in [0.2, 0.25) is 5.89 Å². The molecule has 2 rings (SSSR count). The first kappa shape index (κ1) is 14.7. The van der Waals surface area contributed by atoms with E-state index in [9.17, 15) is 8.42 Å². The van der Waals surface area contributed by atoms with Crippen LogP contribution in [0.25, 0.3) is 11.5 Å². The van der Waals surface area contributed by atoms with Gasteiger partial charge in [-0.1, -0.05) is 17.7 Å². The Morgan fingerprint density at radius 3 is 2.45 bits per heavy atom. The van der Waals surface area contributed by atoms with Crippen LogP contribution in [0, 0.1) is 13.8 Å². The van der Waals surface area contributed by atoms with Crippen LogP contribution in [-0.2, 0) is 20.7 Å². The Morgan fingerprint density at radius 1 is 1.20 bits per heavy atom. The summed E-state index contributed by atoms with van der Waals surface area (Å²) in [5, 5.41) is 0. The van der Waals surface area contributed by atoms with Crippen molar-refractivity contribution < 1.29 is 17.0 Å². The minimum atomic E-state index is -3.42. The molecule has 0 spiro atoms. The maximum absolute atomic E-state index is 10.9. The predicted molar refractivity (Wildman–Crippen MR) is 75.9 cm³/mol. The number of oxazole rings is 1. The summed E-state index contributed by atoms with van der Waals surface area (Å²) in [6.45, 7) is 3.89. The number of benzene rings is 1. The van der Waals surface area contributed by atoms with E-state index in [2.05, 4.69) is 4.98 Å². The minimum Gasteiger partial charge on any atom is -0.441 e. The van der Waals surface area contributed by atoms with Crippen molar-refractivity contribution >= 4 is 10.1 Å². The van der Waals surface area contributed by atoms with E-state index in [1.54, 1.807) is 6.92 Å². The van der Waals surface area contributed by atoms with Crippen LogP contribution in [-0.4, -0.2) is 26.3 Å². The molecule has 0 amide bonds. The molecule has 0 aliphatic heterocycles. The molecule has 1 aromatic heterocycles. The van der Waals surface area contributed by atoms with Crippen LogP contribution in [0.4, 0.5) is 0 Å². The summed E-state index contributed by atoms with van der Waals surface area (Å²) in [6, 6.07) is 7.86. The molecule has 0 unspecified atom stereocenters. The fraction of sp³-hybridized carbons (Fsp3) is 0.357. The van der Waals surface area contributed by atoms with Crippen molar-refractivity contribution in [2.24, 2.45) is 0 Å². The van der Waals surface area contributed by atoms with Crippen LogP contribution < -0.4 is 0 Å². The van der Waals surface area contributed by atoms with E-state index in [4.69, 9.17) is 8.60 Å². The number of aryl methyl sites for hydroxylation is 2. The molecule has 0 N–H and O–H groups in total. The van der Waals surface area contributed by atoms with Crippen LogP contribution in [0.2, 0.25) is 0 Å². The summed E-state index contributed by atoms with van der Waals surface area (Å²) >= 11 is 0. The Kier molecular flexibility index (Phi) is 4.25. The van der Waals surface area contributed by atoms with E-state index < -0.39 is 10.1 Å². The second kappa shape index (κ2) is 5.76. The number of hydrogen-bond donors (Lipinski definition) is 0. The molecule has 6 heteroatoms. The van der Waals surface area contributed by atoms with Gasteiger partial charge in [-0.05, 0) is 26.0 Å². The summed E-state index contributed by atoms with van der Waals surface area (Å²) < 4.78 is 32.1. The van der Waals surface area contributed by atoms with Gasteiger partial charge in [-0.25, -0.2) is 4.98 Å². The van der Waals surface area contributed by atoms with Crippen molar-refractivity contribution in [3.63, 3.8) is 0 Å². The number of nitrogens with zero attached hydrogens (tertiary/aromatic N) is 1. The zero-order chi connectivity index (χ0) is 14.8. The van der Waals surface area contributed by atoms with Crippen molar-refractivity contribution in [1.29, 1.82) is 0 Å². The van der Waals surface area contributed by atoms with Gasteiger partial charge in [-0.2, -0.15) is 8.42 Å². The second-order valence-corrected chi connectivity index (χ2v) is 6.31. The van der Waals surface area contributed by atoms with Gasteiger partial charge in [-0.3, -0.25) is 4.18 Å². The highest BCUT2D eigenvalue weighted by Gasteiger charge is 2.12. The summed E-state index contributed by atoms with van der Waals surface area (Å²) in [6.07, 6.45) is 1.43. The van der Waals surface area contributed by atoms with Crippen LogP contribution in [0.5, 0.6) is 0 Å². The molecule has 0 atom stereocenters. The predicted octanol–water partition coefficient (Wildman–Crippen LogP) is 2.48. The average molecular weight is 295 g/mol. The fourth-order valence-corrected chi connectivity index (χ4v) is 2.16. The standard InChI is InChI=1S/C14H17NO4S/c1-10-4-6-12(7-5-10)14-15-13(11(2)19-14)8-9-18-20(3,16)17/h4-7H,8-9H2,1-3H3. The van der Waals surface area contributed by atoms with E-state index in [0.29, 0.717) is 23.8 Å². The topological polar surface area (TPSA) is 69.4 Å². The van der Waals surface area contributed by atoms with Crippen molar-refractivity contribution in [3.05, 3.63) is 41.3 Å². The van der Waals surface area contributed by atoms with E-state index in [-0.39, 0.29) is 6.61 Å². The Morgan fingerprint density at radius 2 is 1.85 bits per heavy atom. The molecular formula is C14H17NO4S. The largest absolute Gasteiger partial charge is 0.441 e. The third-order valence-electron chi connectivity index (χ3n) is 2.83. The lowest BCUT2D eigenvalue weighted by Crippen LogP contribution is -2.06. The third kappa shape index (κ3) is 3.91. The molecule has 1 heterocycles. The zero-order valence-electron chi connectivity index (χ0n) is 11.7. The molecule has 0 saturated carbocycles. The lowest BCUT2D eigenvalue weighted by Gasteiger charge is -1.98. The Bertz CT molecular complexity index is 686. The molecule has 1 aromatic carbocycles. The van der Waals surface area contributed by atoms with Crippen LogP contribution in [0.3, 0.4) is 0 Å². The van der Waals surface area contributed by atoms with Gasteiger partial charge in [0.1, 0.15) is 5.76 Å². The third-order valence-corrected chi connectivity index (χ3v) is 3.42. The Labute approximate surface area is 118 Å². The van der Waals surface area contributed by atoms with E-state index in [1.165, 1.54) is 5.56 Å². The molecular weight excluding hydrogens is 278 g/mol. The molecule has 20 heavy (non-hydrogen) atoms. The van der Waals surface area contributed by atoms with Crippen molar-refractivity contribution in [2.45, 2.75) is 20.3 Å². The van der Waals surface area contributed by atoms with Gasteiger partial charge in [-0.15, -0.1) is 0 Å². The van der Waals surface area contributed by atoms with Crippen LogP contribution >= 0.6 is 0 Å². The van der Waals surface area contributed by atoms with Gasteiger partial charge in [0.15, 0.2) is 0 Å². The Hall–Kier alpha value is -1.66. The second-order valence-electron chi connectivity index (χ2n) is 4.66. The maximum atomic E-state index is 10.9. The van der Waals surface area contributed by atoms with Crippen molar-refractivity contribution in [1.82, 2.24) is 4.98 Å². The highest BCUT2D eigenvalue weighted by Crippen LogP contribution is 2.22. The fourth-order valence-electron chi connectivity index (χ4n) is 1.77. The number of hydrogen-bond acceptors (Lipinski definition) is 5. The molecule has 2 aromatic rings.